The lowest BCUT2D eigenvalue weighted by Crippen LogP contribution is -2.31. The van der Waals surface area contributed by atoms with Crippen LogP contribution in [-0.2, 0) is 22.4 Å². The first-order valence-electron chi connectivity index (χ1n) is 11.6. The fraction of sp³-hybridized carbons (Fsp3) is 0.308. The average molecular weight is 513 g/mol. The summed E-state index contributed by atoms with van der Waals surface area (Å²) in [6, 6.07) is 14.8. The molecule has 0 aliphatic carbocycles. The Bertz CT molecular complexity index is 1190. The van der Waals surface area contributed by atoms with Gasteiger partial charge in [0.1, 0.15) is 11.5 Å². The number of carbonyl (C=O) groups excluding carboxylic acids is 2. The zero-order valence-electron chi connectivity index (χ0n) is 20.1. The number of halogens is 1. The molecule has 0 radical (unpaired) electrons. The minimum absolute atomic E-state index is 0.0532. The van der Waals surface area contributed by atoms with Gasteiger partial charge in [-0.1, -0.05) is 54.9 Å². The Labute approximate surface area is 214 Å². The number of urea groups is 1. The Morgan fingerprint density at radius 2 is 1.78 bits per heavy atom. The zero-order valence-corrected chi connectivity index (χ0v) is 20.8. The highest BCUT2D eigenvalue weighted by molar-refractivity contribution is 6.33. The van der Waals surface area contributed by atoms with Crippen LogP contribution in [0, 0.1) is 5.92 Å². The number of nitrogens with one attached hydrogen (secondary N) is 3. The maximum Gasteiger partial charge on any atom is 0.323 e. The van der Waals surface area contributed by atoms with E-state index >= 15 is 0 Å². The molecule has 1 heterocycles. The number of amides is 3. The SMILES string of the molecule is CC(C)CC(NC(=O)Cc1ccc(NC(=O)Nc2ccccc2Cl)cc1)c1cc(CCC(=O)O)on1. The van der Waals surface area contributed by atoms with Gasteiger partial charge in [0.25, 0.3) is 0 Å². The molecule has 9 nitrogen and oxygen atoms in total. The molecule has 0 saturated carbocycles. The number of anilines is 2. The van der Waals surface area contributed by atoms with Crippen molar-refractivity contribution in [3.05, 3.63) is 76.6 Å². The first-order valence-corrected chi connectivity index (χ1v) is 12.0. The highest BCUT2D eigenvalue weighted by atomic mass is 35.5. The van der Waals surface area contributed by atoms with Gasteiger partial charge in [0, 0.05) is 18.2 Å². The third-order valence-corrected chi connectivity index (χ3v) is 5.59. The van der Waals surface area contributed by atoms with Gasteiger partial charge in [-0.05, 0) is 42.2 Å². The predicted octanol–water partition coefficient (Wildman–Crippen LogP) is 5.44. The lowest BCUT2D eigenvalue weighted by molar-refractivity contribution is -0.137. The summed E-state index contributed by atoms with van der Waals surface area (Å²) in [4.78, 5) is 35.8. The zero-order chi connectivity index (χ0) is 26.1. The molecule has 36 heavy (non-hydrogen) atoms. The monoisotopic (exact) mass is 512 g/mol. The van der Waals surface area contributed by atoms with Crippen LogP contribution in [0.1, 0.15) is 49.7 Å². The van der Waals surface area contributed by atoms with Gasteiger partial charge in [-0.25, -0.2) is 4.79 Å². The van der Waals surface area contributed by atoms with Crippen LogP contribution in [0.15, 0.2) is 59.1 Å². The Balaban J connectivity index is 1.56. The third kappa shape index (κ3) is 8.42. The maximum atomic E-state index is 12.8. The van der Waals surface area contributed by atoms with Crippen molar-refractivity contribution in [2.75, 3.05) is 10.6 Å². The number of carboxylic acid groups (broad SMARTS) is 1. The molecule has 0 bridgehead atoms. The van der Waals surface area contributed by atoms with Gasteiger partial charge in [-0.2, -0.15) is 0 Å². The maximum absolute atomic E-state index is 12.8. The van der Waals surface area contributed by atoms with Crippen molar-refractivity contribution < 1.29 is 24.0 Å². The Morgan fingerprint density at radius 1 is 1.06 bits per heavy atom. The van der Waals surface area contributed by atoms with E-state index in [0.29, 0.717) is 34.3 Å². The molecule has 2 aromatic carbocycles. The van der Waals surface area contributed by atoms with E-state index < -0.39 is 12.0 Å². The van der Waals surface area contributed by atoms with Gasteiger partial charge in [0.05, 0.1) is 29.6 Å². The van der Waals surface area contributed by atoms with E-state index in [1.807, 2.05) is 13.8 Å². The van der Waals surface area contributed by atoms with Gasteiger partial charge < -0.3 is 25.6 Å². The lowest BCUT2D eigenvalue weighted by Gasteiger charge is -2.18. The van der Waals surface area contributed by atoms with Crippen LogP contribution < -0.4 is 16.0 Å². The predicted molar refractivity (Wildman–Crippen MR) is 137 cm³/mol. The van der Waals surface area contributed by atoms with Crippen LogP contribution in [0.2, 0.25) is 5.02 Å². The molecule has 0 fully saturated rings. The Morgan fingerprint density at radius 3 is 2.44 bits per heavy atom. The van der Waals surface area contributed by atoms with Gasteiger partial charge in [-0.15, -0.1) is 0 Å². The summed E-state index contributed by atoms with van der Waals surface area (Å²) in [5.74, 6) is -0.343. The van der Waals surface area contributed by atoms with Crippen LogP contribution in [0.3, 0.4) is 0 Å². The molecule has 0 aliphatic rings. The topological polar surface area (TPSA) is 134 Å². The van der Waals surface area contributed by atoms with E-state index in [0.717, 1.165) is 5.56 Å². The number of benzene rings is 2. The summed E-state index contributed by atoms with van der Waals surface area (Å²) in [5, 5.41) is 21.7. The van der Waals surface area contributed by atoms with Crippen molar-refractivity contribution in [1.29, 1.82) is 0 Å². The fourth-order valence-electron chi connectivity index (χ4n) is 3.55. The Kier molecular flexibility index (Phi) is 9.46. The lowest BCUT2D eigenvalue weighted by atomic mass is 10.00. The first-order chi connectivity index (χ1) is 17.2. The number of hydrogen-bond donors (Lipinski definition) is 4. The van der Waals surface area contributed by atoms with Gasteiger partial charge in [-0.3, -0.25) is 9.59 Å². The molecule has 3 aromatic rings. The van der Waals surface area contributed by atoms with Crippen LogP contribution in [-0.4, -0.2) is 28.2 Å². The summed E-state index contributed by atoms with van der Waals surface area (Å²) >= 11 is 6.06. The normalized spacial score (nSPS) is 11.7. The standard InChI is InChI=1S/C26H29ClN4O5/c1-16(2)13-22(23-15-19(36-31-23)11-12-25(33)34)29-24(32)14-17-7-9-18(10-8-17)28-26(35)30-21-6-4-3-5-20(21)27/h3-10,15-16,22H,11-14H2,1-2H3,(H,29,32)(H,33,34)(H2,28,30,35). The van der Waals surface area contributed by atoms with Gasteiger partial charge in [0.2, 0.25) is 5.91 Å². The fourth-order valence-corrected chi connectivity index (χ4v) is 3.73. The number of nitrogens with zero attached hydrogens (tertiary/aromatic N) is 1. The summed E-state index contributed by atoms with van der Waals surface area (Å²) in [6.07, 6.45) is 0.980. The molecule has 0 aliphatic heterocycles. The molecule has 0 saturated heterocycles. The highest BCUT2D eigenvalue weighted by Crippen LogP contribution is 2.23. The van der Waals surface area contributed by atoms with E-state index in [2.05, 4.69) is 21.1 Å². The Hall–Kier alpha value is -3.85. The van der Waals surface area contributed by atoms with E-state index in [9.17, 15) is 14.4 Å². The molecular weight excluding hydrogens is 484 g/mol. The minimum Gasteiger partial charge on any atom is -0.481 e. The molecule has 190 valence electrons. The van der Waals surface area contributed by atoms with Crippen molar-refractivity contribution in [2.45, 2.75) is 45.6 Å². The second-order valence-electron chi connectivity index (χ2n) is 8.79. The molecule has 1 unspecified atom stereocenters. The van der Waals surface area contributed by atoms with Crippen molar-refractivity contribution >= 4 is 40.9 Å². The average Bonchev–Trinajstić information content (AvgIpc) is 3.29. The van der Waals surface area contributed by atoms with Gasteiger partial charge >= 0.3 is 12.0 Å². The molecular formula is C26H29ClN4O5. The van der Waals surface area contributed by atoms with E-state index in [1.165, 1.54) is 0 Å². The number of carboxylic acids is 1. The van der Waals surface area contributed by atoms with Crippen LogP contribution in [0.4, 0.5) is 16.2 Å². The number of aryl methyl sites for hydroxylation is 1. The summed E-state index contributed by atoms with van der Waals surface area (Å²) in [5.41, 5.74) is 2.41. The second-order valence-corrected chi connectivity index (χ2v) is 9.20. The third-order valence-electron chi connectivity index (χ3n) is 5.26. The quantitative estimate of drug-likeness (QED) is 0.270. The minimum atomic E-state index is -0.914. The number of para-hydroxylation sites is 1. The highest BCUT2D eigenvalue weighted by Gasteiger charge is 2.21. The van der Waals surface area contributed by atoms with E-state index in [4.69, 9.17) is 21.2 Å². The molecule has 1 atom stereocenters. The summed E-state index contributed by atoms with van der Waals surface area (Å²) in [7, 11) is 0. The van der Waals surface area contributed by atoms with Crippen LogP contribution in [0.25, 0.3) is 0 Å². The summed E-state index contributed by atoms with van der Waals surface area (Å²) < 4.78 is 5.25. The molecule has 0 spiro atoms. The van der Waals surface area contributed by atoms with E-state index in [-0.39, 0.29) is 37.1 Å². The smallest absolute Gasteiger partial charge is 0.323 e. The van der Waals surface area contributed by atoms with Gasteiger partial charge in [0.15, 0.2) is 0 Å². The summed E-state index contributed by atoms with van der Waals surface area (Å²) in [6.45, 7) is 4.08. The first kappa shape index (κ1) is 26.7. The molecule has 3 rings (SSSR count). The number of rotatable bonds is 11. The van der Waals surface area contributed by atoms with Crippen molar-refractivity contribution in [2.24, 2.45) is 5.92 Å². The van der Waals surface area contributed by atoms with E-state index in [1.54, 1.807) is 54.6 Å². The second kappa shape index (κ2) is 12.7. The number of hydrogen-bond acceptors (Lipinski definition) is 5. The number of aromatic nitrogens is 1. The molecule has 1 aromatic heterocycles. The van der Waals surface area contributed by atoms with Crippen LogP contribution >= 0.6 is 11.6 Å². The van der Waals surface area contributed by atoms with Crippen molar-refractivity contribution in [3.63, 3.8) is 0 Å². The van der Waals surface area contributed by atoms with Crippen LogP contribution in [0.5, 0.6) is 0 Å². The van der Waals surface area contributed by atoms with Crippen molar-refractivity contribution in [3.8, 4) is 0 Å². The van der Waals surface area contributed by atoms with Crippen molar-refractivity contribution in [1.82, 2.24) is 10.5 Å². The largest absolute Gasteiger partial charge is 0.481 e. The number of aliphatic carboxylic acids is 1. The molecule has 3 amide bonds. The molecule has 4 N–H and O–H groups in total. The molecule has 10 heteroatoms. The number of carbonyl (C=O) groups is 3.